The van der Waals surface area contributed by atoms with E-state index in [1.54, 1.807) is 0 Å². The molecule has 2 heterocycles. The standard InChI is InChI=1S/C15H15BrOS/c1-9-7-12(10(2)18-9)15(16)14-8-11-5-3-4-6-13(11)17-14/h3-7,14-15H,8H2,1-2H3. The number of alkyl halides is 1. The summed E-state index contributed by atoms with van der Waals surface area (Å²) >= 11 is 5.67. The van der Waals surface area contributed by atoms with Gasteiger partial charge >= 0.3 is 0 Å². The second kappa shape index (κ2) is 4.71. The summed E-state index contributed by atoms with van der Waals surface area (Å²) in [4.78, 5) is 3.02. The number of rotatable bonds is 2. The molecule has 94 valence electrons. The average Bonchev–Trinajstić information content (AvgIpc) is 2.91. The zero-order valence-corrected chi connectivity index (χ0v) is 12.8. The third-order valence-corrected chi connectivity index (χ3v) is 5.44. The highest BCUT2D eigenvalue weighted by molar-refractivity contribution is 9.09. The molecule has 0 radical (unpaired) electrons. The van der Waals surface area contributed by atoms with Crippen LogP contribution in [0.4, 0.5) is 0 Å². The second-order valence-electron chi connectivity index (χ2n) is 4.74. The van der Waals surface area contributed by atoms with Crippen LogP contribution in [0.15, 0.2) is 30.3 Å². The average molecular weight is 323 g/mol. The van der Waals surface area contributed by atoms with Crippen LogP contribution in [0.2, 0.25) is 0 Å². The Balaban J connectivity index is 1.84. The lowest BCUT2D eigenvalue weighted by Crippen LogP contribution is -2.19. The van der Waals surface area contributed by atoms with Crippen LogP contribution in [0.25, 0.3) is 0 Å². The summed E-state index contributed by atoms with van der Waals surface area (Å²) in [5.74, 6) is 1.04. The molecule has 0 aliphatic carbocycles. The number of benzene rings is 1. The van der Waals surface area contributed by atoms with Gasteiger partial charge in [0.15, 0.2) is 0 Å². The summed E-state index contributed by atoms with van der Waals surface area (Å²) in [6, 6.07) is 10.6. The number of aryl methyl sites for hydroxylation is 2. The highest BCUT2D eigenvalue weighted by Gasteiger charge is 2.30. The first-order valence-electron chi connectivity index (χ1n) is 6.10. The SMILES string of the molecule is Cc1cc(C(Br)C2Cc3ccccc3O2)c(C)s1. The number of hydrogen-bond donors (Lipinski definition) is 0. The van der Waals surface area contributed by atoms with Gasteiger partial charge in [0.1, 0.15) is 11.9 Å². The minimum Gasteiger partial charge on any atom is -0.488 e. The zero-order valence-electron chi connectivity index (χ0n) is 10.4. The Morgan fingerprint density at radius 2 is 2.11 bits per heavy atom. The van der Waals surface area contributed by atoms with Crippen LogP contribution in [-0.4, -0.2) is 6.10 Å². The van der Waals surface area contributed by atoms with E-state index in [0.717, 1.165) is 12.2 Å². The maximum absolute atomic E-state index is 6.05. The summed E-state index contributed by atoms with van der Waals surface area (Å²) in [5.41, 5.74) is 2.69. The van der Waals surface area contributed by atoms with Gasteiger partial charge in [0.25, 0.3) is 0 Å². The molecule has 2 aromatic rings. The maximum Gasteiger partial charge on any atom is 0.123 e. The van der Waals surface area contributed by atoms with E-state index in [4.69, 9.17) is 4.74 Å². The van der Waals surface area contributed by atoms with Gasteiger partial charge in [0, 0.05) is 16.2 Å². The third-order valence-electron chi connectivity index (χ3n) is 3.37. The minimum atomic E-state index is 0.204. The normalized spacial score (nSPS) is 19.4. The van der Waals surface area contributed by atoms with Gasteiger partial charge in [-0.05, 0) is 37.1 Å². The molecule has 1 aliphatic heterocycles. The van der Waals surface area contributed by atoms with E-state index < -0.39 is 0 Å². The summed E-state index contributed by atoms with van der Waals surface area (Å²) in [5, 5.41) is 0. The number of halogens is 1. The van der Waals surface area contributed by atoms with E-state index in [0.29, 0.717) is 0 Å². The van der Waals surface area contributed by atoms with E-state index in [1.165, 1.54) is 20.9 Å². The molecule has 1 aromatic carbocycles. The molecule has 0 spiro atoms. The molecule has 0 saturated carbocycles. The van der Waals surface area contributed by atoms with Crippen LogP contribution in [0, 0.1) is 13.8 Å². The second-order valence-corrected chi connectivity index (χ2v) is 7.19. The van der Waals surface area contributed by atoms with Crippen molar-refractivity contribution in [3.05, 3.63) is 51.2 Å². The first-order valence-corrected chi connectivity index (χ1v) is 7.84. The fourth-order valence-electron chi connectivity index (χ4n) is 2.50. The molecule has 1 aliphatic rings. The van der Waals surface area contributed by atoms with Gasteiger partial charge < -0.3 is 4.74 Å². The summed E-state index contributed by atoms with van der Waals surface area (Å²) in [6.45, 7) is 4.34. The molecule has 0 bridgehead atoms. The van der Waals surface area contributed by atoms with Crippen LogP contribution in [0.3, 0.4) is 0 Å². The van der Waals surface area contributed by atoms with Crippen LogP contribution in [0.5, 0.6) is 5.75 Å². The molecule has 3 heteroatoms. The molecule has 1 nitrogen and oxygen atoms in total. The van der Waals surface area contributed by atoms with Gasteiger partial charge in [-0.15, -0.1) is 11.3 Å². The van der Waals surface area contributed by atoms with E-state index in [1.807, 2.05) is 17.4 Å². The molecule has 2 atom stereocenters. The first kappa shape index (κ1) is 12.2. The van der Waals surface area contributed by atoms with Crippen molar-refractivity contribution in [2.24, 2.45) is 0 Å². The highest BCUT2D eigenvalue weighted by Crippen LogP contribution is 2.40. The summed E-state index contributed by atoms with van der Waals surface area (Å²) in [7, 11) is 0. The maximum atomic E-state index is 6.05. The van der Waals surface area contributed by atoms with E-state index >= 15 is 0 Å². The monoisotopic (exact) mass is 322 g/mol. The highest BCUT2D eigenvalue weighted by atomic mass is 79.9. The fourth-order valence-corrected chi connectivity index (χ4v) is 4.39. The van der Waals surface area contributed by atoms with Gasteiger partial charge in [0.2, 0.25) is 0 Å². The van der Waals surface area contributed by atoms with Crippen molar-refractivity contribution in [1.29, 1.82) is 0 Å². The summed E-state index contributed by atoms with van der Waals surface area (Å²) < 4.78 is 6.05. The molecule has 0 fully saturated rings. The van der Waals surface area contributed by atoms with Gasteiger partial charge in [0.05, 0.1) is 4.83 Å². The van der Waals surface area contributed by atoms with E-state index in [9.17, 15) is 0 Å². The molecule has 1 aromatic heterocycles. The quantitative estimate of drug-likeness (QED) is 0.721. The van der Waals surface area contributed by atoms with Crippen molar-refractivity contribution in [3.8, 4) is 5.75 Å². The number of ether oxygens (including phenoxy) is 1. The zero-order chi connectivity index (χ0) is 12.7. The van der Waals surface area contributed by atoms with Gasteiger partial charge in [-0.2, -0.15) is 0 Å². The Labute approximate surface area is 120 Å². The minimum absolute atomic E-state index is 0.204. The van der Waals surface area contributed by atoms with E-state index in [-0.39, 0.29) is 10.9 Å². The van der Waals surface area contributed by atoms with Crippen LogP contribution < -0.4 is 4.74 Å². The number of fused-ring (bicyclic) bond motifs is 1. The number of hydrogen-bond acceptors (Lipinski definition) is 2. The molecule has 18 heavy (non-hydrogen) atoms. The predicted octanol–water partition coefficient (Wildman–Crippen LogP) is 4.80. The molecule has 0 saturated heterocycles. The fraction of sp³-hybridized carbons (Fsp3) is 0.333. The van der Waals surface area contributed by atoms with Crippen molar-refractivity contribution in [2.45, 2.75) is 31.2 Å². The largest absolute Gasteiger partial charge is 0.488 e. The van der Waals surface area contributed by atoms with Crippen LogP contribution in [-0.2, 0) is 6.42 Å². The lowest BCUT2D eigenvalue weighted by Gasteiger charge is -2.17. The Hall–Kier alpha value is -0.800. The molecular formula is C15H15BrOS. The van der Waals surface area contributed by atoms with E-state index in [2.05, 4.69) is 54.0 Å². The van der Waals surface area contributed by atoms with Crippen molar-refractivity contribution in [1.82, 2.24) is 0 Å². The van der Waals surface area contributed by atoms with Crippen LogP contribution >= 0.6 is 27.3 Å². The van der Waals surface area contributed by atoms with Crippen molar-refractivity contribution in [3.63, 3.8) is 0 Å². The number of thiophene rings is 1. The molecule has 0 amide bonds. The van der Waals surface area contributed by atoms with Crippen molar-refractivity contribution in [2.75, 3.05) is 0 Å². The molecule has 0 N–H and O–H groups in total. The Bertz CT molecular complexity index is 551. The lowest BCUT2D eigenvalue weighted by atomic mass is 10.0. The Morgan fingerprint density at radius 1 is 1.33 bits per heavy atom. The van der Waals surface area contributed by atoms with Crippen molar-refractivity contribution < 1.29 is 4.74 Å². The third kappa shape index (κ3) is 2.10. The predicted molar refractivity (Wildman–Crippen MR) is 80.0 cm³/mol. The molecule has 2 unspecified atom stereocenters. The topological polar surface area (TPSA) is 9.23 Å². The van der Waals surface area contributed by atoms with Gasteiger partial charge in [-0.1, -0.05) is 34.1 Å². The number of para-hydroxylation sites is 1. The first-order chi connectivity index (χ1) is 8.65. The lowest BCUT2D eigenvalue weighted by molar-refractivity contribution is 0.232. The van der Waals surface area contributed by atoms with Crippen molar-refractivity contribution >= 4 is 27.3 Å². The smallest absolute Gasteiger partial charge is 0.123 e. The molecular weight excluding hydrogens is 308 g/mol. The van der Waals surface area contributed by atoms with Gasteiger partial charge in [-0.3, -0.25) is 0 Å². The Morgan fingerprint density at radius 3 is 2.78 bits per heavy atom. The summed E-state index contributed by atoms with van der Waals surface area (Å²) in [6.07, 6.45) is 1.19. The van der Waals surface area contributed by atoms with Gasteiger partial charge in [-0.25, -0.2) is 0 Å². The van der Waals surface area contributed by atoms with Crippen LogP contribution in [0.1, 0.15) is 25.7 Å². The molecule has 3 rings (SSSR count). The Kier molecular flexibility index (Phi) is 3.20.